The number of aromatic amines is 2. The van der Waals surface area contributed by atoms with Gasteiger partial charge in [0.1, 0.15) is 5.65 Å². The second-order valence-electron chi connectivity index (χ2n) is 7.86. The molecule has 1 unspecified atom stereocenters. The summed E-state index contributed by atoms with van der Waals surface area (Å²) in [7, 11) is 2.05. The van der Waals surface area contributed by atoms with Gasteiger partial charge in [0.15, 0.2) is 0 Å². The molecular formula is C19H20N8O2S. The summed E-state index contributed by atoms with van der Waals surface area (Å²) < 4.78 is 2.47. The van der Waals surface area contributed by atoms with Crippen LogP contribution in [0.5, 0.6) is 0 Å². The number of hydrogen-bond acceptors (Lipinski definition) is 6. The third-order valence-electron chi connectivity index (χ3n) is 6.23. The molecule has 4 heterocycles. The highest BCUT2D eigenvalue weighted by Gasteiger charge is 2.44. The van der Waals surface area contributed by atoms with E-state index in [2.05, 4.69) is 34.4 Å². The summed E-state index contributed by atoms with van der Waals surface area (Å²) in [6.45, 7) is 8.91. The highest BCUT2D eigenvalue weighted by molar-refractivity contribution is 7.09. The lowest BCUT2D eigenvalue weighted by atomic mass is 10.0. The Bertz CT molecular complexity index is 1190. The minimum Gasteiger partial charge on any atom is -0.380 e. The topological polar surface area (TPSA) is 114 Å². The molecule has 1 saturated carbocycles. The third-order valence-corrected chi connectivity index (χ3v) is 6.89. The first kappa shape index (κ1) is 18.6. The molecule has 5 rings (SSSR count). The van der Waals surface area contributed by atoms with Gasteiger partial charge in [-0.15, -0.1) is 0 Å². The van der Waals surface area contributed by atoms with Gasteiger partial charge in [0.05, 0.1) is 12.3 Å². The molecule has 0 bridgehead atoms. The zero-order chi connectivity index (χ0) is 20.8. The molecule has 2 fully saturated rings. The number of carbonyl (C=O) groups is 1. The minimum absolute atomic E-state index is 0.212. The van der Waals surface area contributed by atoms with E-state index in [1.165, 1.54) is 0 Å². The highest BCUT2D eigenvalue weighted by atomic mass is 32.1. The fourth-order valence-electron chi connectivity index (χ4n) is 4.82. The van der Waals surface area contributed by atoms with Crippen molar-refractivity contribution in [3.05, 3.63) is 40.4 Å². The fourth-order valence-corrected chi connectivity index (χ4v) is 5.32. The number of rotatable bonds is 3. The first-order valence-electron chi connectivity index (χ1n) is 9.71. The van der Waals surface area contributed by atoms with Crippen molar-refractivity contribution in [2.75, 3.05) is 30.4 Å². The zero-order valence-corrected chi connectivity index (χ0v) is 17.1. The lowest BCUT2D eigenvalue weighted by Crippen LogP contribution is -2.36. The third kappa shape index (κ3) is 3.09. The maximum absolute atomic E-state index is 12.5. The van der Waals surface area contributed by atoms with E-state index in [-0.39, 0.29) is 6.03 Å². The van der Waals surface area contributed by atoms with Crippen LogP contribution in [0.15, 0.2) is 23.3 Å². The van der Waals surface area contributed by atoms with Crippen LogP contribution >= 0.6 is 11.5 Å². The number of urea groups is 1. The fraction of sp³-hybridized carbons (Fsp3) is 0.421. The molecule has 3 aromatic rings. The number of pyridine rings is 1. The number of fused-ring (bicyclic) bond motifs is 2. The van der Waals surface area contributed by atoms with Gasteiger partial charge in [-0.2, -0.15) is 4.98 Å². The van der Waals surface area contributed by atoms with Crippen LogP contribution < -0.4 is 15.9 Å². The normalized spacial score (nSPS) is 22.8. The number of nitrogens with one attached hydrogen (secondary N) is 3. The van der Waals surface area contributed by atoms with Crippen molar-refractivity contribution in [1.29, 1.82) is 0 Å². The van der Waals surface area contributed by atoms with Gasteiger partial charge in [0.25, 0.3) is 0 Å². The van der Waals surface area contributed by atoms with Crippen LogP contribution in [-0.4, -0.2) is 56.4 Å². The predicted octanol–water partition coefficient (Wildman–Crippen LogP) is 2.64. The molecule has 3 N–H and O–H groups in total. The van der Waals surface area contributed by atoms with Crippen molar-refractivity contribution in [2.24, 2.45) is 11.8 Å². The molecule has 2 amide bonds. The van der Waals surface area contributed by atoms with Gasteiger partial charge >= 0.3 is 11.7 Å². The van der Waals surface area contributed by atoms with Crippen molar-refractivity contribution in [3.8, 4) is 0 Å². The standard InChI is InChI=1S/C19H20N8O2S/c1-20-14-7-22-16-13(3-4-21-16)15(14)26(2)12-5-10-8-27(9-11(10)6-12)19(29)24-18-23-17(28)25-30-18/h3-4,7,10-12H,5-6,8-9H2,2H3,(H,21,22)(H2,23,24,25,28,29)/t10-,11+,12?. The molecule has 154 valence electrons. The summed E-state index contributed by atoms with van der Waals surface area (Å²) in [5.41, 5.74) is 1.81. The van der Waals surface area contributed by atoms with Crippen molar-refractivity contribution in [3.63, 3.8) is 0 Å². The number of hydrogen-bond donors (Lipinski definition) is 3. The van der Waals surface area contributed by atoms with Crippen LogP contribution in [0.2, 0.25) is 0 Å². The number of amides is 2. The first-order chi connectivity index (χ1) is 14.5. The van der Waals surface area contributed by atoms with Crippen molar-refractivity contribution >= 4 is 45.1 Å². The minimum atomic E-state index is -0.453. The van der Waals surface area contributed by atoms with Gasteiger partial charge < -0.3 is 14.8 Å². The van der Waals surface area contributed by atoms with Gasteiger partial charge in [-0.25, -0.2) is 14.4 Å². The molecule has 30 heavy (non-hydrogen) atoms. The summed E-state index contributed by atoms with van der Waals surface area (Å²) in [5.74, 6) is 0.835. The SMILES string of the molecule is [C-]#[N+]c1cnc2[nH]ccc2c1N(C)C1C[C@@H]2CN(C(=O)Nc3nc(=O)[nH]s3)C[C@@H]2C1. The Balaban J connectivity index is 1.28. The average Bonchev–Trinajstić information content (AvgIpc) is 3.49. The molecule has 0 spiro atoms. The molecule has 2 aliphatic rings. The average molecular weight is 424 g/mol. The summed E-state index contributed by atoms with van der Waals surface area (Å²) in [5, 5.41) is 3.95. The summed E-state index contributed by atoms with van der Waals surface area (Å²) in [6, 6.07) is 2.06. The second-order valence-corrected chi connectivity index (χ2v) is 8.66. The Kier molecular flexibility index (Phi) is 4.43. The van der Waals surface area contributed by atoms with Gasteiger partial charge in [-0.3, -0.25) is 14.7 Å². The van der Waals surface area contributed by atoms with Gasteiger partial charge in [-0.05, 0) is 42.3 Å². The van der Waals surface area contributed by atoms with E-state index in [0.29, 0.717) is 41.8 Å². The second kappa shape index (κ2) is 7.14. The highest BCUT2D eigenvalue weighted by Crippen LogP contribution is 2.44. The Hall–Kier alpha value is -3.39. The molecular weight excluding hydrogens is 404 g/mol. The number of anilines is 2. The van der Waals surface area contributed by atoms with E-state index in [4.69, 9.17) is 6.57 Å². The van der Waals surface area contributed by atoms with E-state index < -0.39 is 5.69 Å². The number of likely N-dealkylation sites (tertiary alicyclic amines) is 1. The van der Waals surface area contributed by atoms with Crippen LogP contribution in [-0.2, 0) is 0 Å². The lowest BCUT2D eigenvalue weighted by Gasteiger charge is -2.30. The van der Waals surface area contributed by atoms with E-state index in [9.17, 15) is 9.59 Å². The maximum atomic E-state index is 12.5. The number of aromatic nitrogens is 4. The van der Waals surface area contributed by atoms with Crippen LogP contribution in [0.25, 0.3) is 15.9 Å². The first-order valence-corrected chi connectivity index (χ1v) is 10.5. The van der Waals surface area contributed by atoms with Crippen molar-refractivity contribution < 1.29 is 4.79 Å². The summed E-state index contributed by atoms with van der Waals surface area (Å²) in [4.78, 5) is 42.5. The van der Waals surface area contributed by atoms with Gasteiger partial charge in [0, 0.05) is 44.0 Å². The van der Waals surface area contributed by atoms with Crippen LogP contribution in [0.1, 0.15) is 12.8 Å². The lowest BCUT2D eigenvalue weighted by molar-refractivity contribution is 0.218. The smallest absolute Gasteiger partial charge is 0.357 e. The van der Waals surface area contributed by atoms with E-state index in [0.717, 1.165) is 41.1 Å². The molecule has 1 aliphatic carbocycles. The van der Waals surface area contributed by atoms with E-state index in [1.54, 1.807) is 11.1 Å². The Labute approximate surface area is 175 Å². The van der Waals surface area contributed by atoms with E-state index >= 15 is 0 Å². The summed E-state index contributed by atoms with van der Waals surface area (Å²) >= 11 is 1.02. The van der Waals surface area contributed by atoms with Gasteiger partial charge in [-0.1, -0.05) is 0 Å². The van der Waals surface area contributed by atoms with Crippen LogP contribution in [0.4, 0.5) is 21.3 Å². The number of nitrogens with zero attached hydrogens (tertiary/aromatic N) is 5. The molecule has 10 nitrogen and oxygen atoms in total. The molecule has 11 heteroatoms. The quantitative estimate of drug-likeness (QED) is 0.559. The van der Waals surface area contributed by atoms with E-state index in [1.807, 2.05) is 19.3 Å². The largest absolute Gasteiger partial charge is 0.380 e. The molecule has 0 radical (unpaired) electrons. The molecule has 1 aliphatic heterocycles. The Morgan fingerprint density at radius 1 is 1.40 bits per heavy atom. The monoisotopic (exact) mass is 424 g/mol. The summed E-state index contributed by atoms with van der Waals surface area (Å²) in [6.07, 6.45) is 5.40. The molecule has 3 atom stereocenters. The molecule has 1 saturated heterocycles. The Morgan fingerprint density at radius 3 is 2.83 bits per heavy atom. The van der Waals surface area contributed by atoms with Crippen LogP contribution in [0, 0.1) is 18.4 Å². The van der Waals surface area contributed by atoms with Gasteiger partial charge in [0.2, 0.25) is 10.8 Å². The molecule has 0 aromatic carbocycles. The Morgan fingerprint density at radius 2 is 2.17 bits per heavy atom. The predicted molar refractivity (Wildman–Crippen MR) is 114 cm³/mol. The van der Waals surface area contributed by atoms with Crippen molar-refractivity contribution in [1.82, 2.24) is 24.2 Å². The van der Waals surface area contributed by atoms with Crippen molar-refractivity contribution in [2.45, 2.75) is 18.9 Å². The van der Waals surface area contributed by atoms with Crippen LogP contribution in [0.3, 0.4) is 0 Å². The number of H-pyrrole nitrogens is 2. The maximum Gasteiger partial charge on any atom is 0.357 e. The molecule has 3 aromatic heterocycles. The zero-order valence-electron chi connectivity index (χ0n) is 16.3. The number of carbonyl (C=O) groups excluding carboxylic acids is 1.